The number of ether oxygens (including phenoxy) is 1. The van der Waals surface area contributed by atoms with E-state index in [1.54, 1.807) is 39.0 Å². The number of carbonyl (C=O) groups is 2. The Bertz CT molecular complexity index is 835. The second kappa shape index (κ2) is 6.35. The molecule has 0 spiro atoms. The minimum Gasteiger partial charge on any atom is -0.444 e. The fourth-order valence-electron chi connectivity index (χ4n) is 2.54. The predicted molar refractivity (Wildman–Crippen MR) is 92.9 cm³/mol. The third kappa shape index (κ3) is 3.50. The van der Waals surface area contributed by atoms with Gasteiger partial charge in [0.15, 0.2) is 0 Å². The summed E-state index contributed by atoms with van der Waals surface area (Å²) >= 11 is 12.5. The van der Waals surface area contributed by atoms with Gasteiger partial charge in [0.25, 0.3) is 0 Å². The van der Waals surface area contributed by atoms with Crippen LogP contribution in [-0.2, 0) is 11.3 Å². The molecule has 25 heavy (non-hydrogen) atoms. The SMILES string of the molecule is CC(C)(C)OC(=O)N1CC(=O)c2onc(-c3c(Cl)cccc3Cl)c2C1. The third-order valence-electron chi connectivity index (χ3n) is 3.58. The largest absolute Gasteiger partial charge is 0.444 e. The summed E-state index contributed by atoms with van der Waals surface area (Å²) in [5.41, 5.74) is 0.628. The number of rotatable bonds is 1. The average molecular weight is 383 g/mol. The molecule has 1 aliphatic rings. The number of ketones is 1. The number of aromatic nitrogens is 1. The van der Waals surface area contributed by atoms with Crippen molar-refractivity contribution >= 4 is 35.1 Å². The third-order valence-corrected chi connectivity index (χ3v) is 4.21. The molecule has 0 atom stereocenters. The molecule has 3 rings (SSSR count). The van der Waals surface area contributed by atoms with E-state index in [0.717, 1.165) is 0 Å². The molecule has 6 nitrogen and oxygen atoms in total. The second-order valence-electron chi connectivity index (χ2n) is 6.70. The molecular formula is C17H16Cl2N2O4. The maximum atomic E-state index is 12.3. The molecule has 2 aromatic rings. The molecule has 1 aromatic heterocycles. The fourth-order valence-corrected chi connectivity index (χ4v) is 3.12. The minimum atomic E-state index is -0.663. The van der Waals surface area contributed by atoms with Gasteiger partial charge in [0, 0.05) is 5.56 Å². The van der Waals surface area contributed by atoms with Gasteiger partial charge in [-0.15, -0.1) is 0 Å². The summed E-state index contributed by atoms with van der Waals surface area (Å²) in [4.78, 5) is 26.0. The summed E-state index contributed by atoms with van der Waals surface area (Å²) in [6, 6.07) is 5.04. The highest BCUT2D eigenvalue weighted by Crippen LogP contribution is 2.38. The van der Waals surface area contributed by atoms with Crippen molar-refractivity contribution in [2.75, 3.05) is 6.54 Å². The molecule has 1 amide bonds. The Morgan fingerprint density at radius 1 is 1.24 bits per heavy atom. The number of carbonyl (C=O) groups excluding carboxylic acids is 2. The molecule has 2 heterocycles. The molecule has 1 aliphatic heterocycles. The van der Waals surface area contributed by atoms with Gasteiger partial charge in [-0.25, -0.2) is 4.79 Å². The van der Waals surface area contributed by atoms with Crippen LogP contribution in [0.25, 0.3) is 11.3 Å². The van der Waals surface area contributed by atoms with Crippen molar-refractivity contribution in [2.45, 2.75) is 32.9 Å². The van der Waals surface area contributed by atoms with Crippen LogP contribution < -0.4 is 0 Å². The lowest BCUT2D eigenvalue weighted by Crippen LogP contribution is -2.42. The highest BCUT2D eigenvalue weighted by atomic mass is 35.5. The second-order valence-corrected chi connectivity index (χ2v) is 7.51. The van der Waals surface area contributed by atoms with Crippen LogP contribution in [0.5, 0.6) is 0 Å². The van der Waals surface area contributed by atoms with Gasteiger partial charge < -0.3 is 9.26 Å². The Morgan fingerprint density at radius 2 is 1.88 bits per heavy atom. The first kappa shape index (κ1) is 17.8. The van der Waals surface area contributed by atoms with Crippen molar-refractivity contribution in [2.24, 2.45) is 0 Å². The van der Waals surface area contributed by atoms with Crippen molar-refractivity contribution in [1.29, 1.82) is 0 Å². The van der Waals surface area contributed by atoms with Gasteiger partial charge in [0.05, 0.1) is 28.7 Å². The first-order chi connectivity index (χ1) is 11.7. The molecule has 0 fully saturated rings. The van der Waals surface area contributed by atoms with Gasteiger partial charge in [-0.2, -0.15) is 0 Å². The number of Topliss-reactive ketones (excluding diaryl/α,β-unsaturated/α-hetero) is 1. The van der Waals surface area contributed by atoms with E-state index < -0.39 is 11.7 Å². The monoisotopic (exact) mass is 382 g/mol. The van der Waals surface area contributed by atoms with Gasteiger partial charge in [-0.05, 0) is 32.9 Å². The van der Waals surface area contributed by atoms with Crippen LogP contribution in [0.2, 0.25) is 10.0 Å². The predicted octanol–water partition coefficient (Wildman–Crippen LogP) is 4.58. The van der Waals surface area contributed by atoms with Gasteiger partial charge >= 0.3 is 6.09 Å². The molecule has 0 radical (unpaired) electrons. The smallest absolute Gasteiger partial charge is 0.411 e. The van der Waals surface area contributed by atoms with E-state index >= 15 is 0 Å². The lowest BCUT2D eigenvalue weighted by Gasteiger charge is -2.28. The Kier molecular flexibility index (Phi) is 4.51. The number of halogens is 2. The number of hydrogen-bond donors (Lipinski definition) is 0. The van der Waals surface area contributed by atoms with Crippen LogP contribution >= 0.6 is 23.2 Å². The molecule has 0 saturated heterocycles. The number of fused-ring (bicyclic) bond motifs is 1. The standard InChI is InChI=1S/C17H16Cl2N2O4/c1-17(2,3)24-16(23)21-7-9-14(20-25-15(9)12(22)8-21)13-10(18)5-4-6-11(13)19/h4-6H,7-8H2,1-3H3. The van der Waals surface area contributed by atoms with Gasteiger partial charge in [0.1, 0.15) is 11.3 Å². The molecule has 0 N–H and O–H groups in total. The molecule has 132 valence electrons. The van der Waals surface area contributed by atoms with Crippen molar-refractivity contribution in [3.05, 3.63) is 39.6 Å². The zero-order valence-corrected chi connectivity index (χ0v) is 15.4. The number of nitrogens with zero attached hydrogens (tertiary/aromatic N) is 2. The maximum Gasteiger partial charge on any atom is 0.411 e. The molecule has 8 heteroatoms. The quantitative estimate of drug-likeness (QED) is 0.721. The zero-order chi connectivity index (χ0) is 18.4. The van der Waals surface area contributed by atoms with E-state index in [-0.39, 0.29) is 24.6 Å². The summed E-state index contributed by atoms with van der Waals surface area (Å²) in [5, 5.41) is 4.73. The molecule has 1 aromatic carbocycles. The summed E-state index contributed by atoms with van der Waals surface area (Å²) in [6.45, 7) is 5.27. The zero-order valence-electron chi connectivity index (χ0n) is 13.9. The molecular weight excluding hydrogens is 367 g/mol. The van der Waals surface area contributed by atoms with Gasteiger partial charge in [0.2, 0.25) is 11.5 Å². The summed E-state index contributed by atoms with van der Waals surface area (Å²) < 4.78 is 10.5. The lowest BCUT2D eigenvalue weighted by atomic mass is 10.0. The van der Waals surface area contributed by atoms with Crippen molar-refractivity contribution in [3.8, 4) is 11.3 Å². The molecule has 0 aliphatic carbocycles. The Balaban J connectivity index is 2.00. The van der Waals surface area contributed by atoms with Crippen LogP contribution in [0.15, 0.2) is 22.7 Å². The Labute approximate surface area is 154 Å². The van der Waals surface area contributed by atoms with Crippen LogP contribution in [0, 0.1) is 0 Å². The van der Waals surface area contributed by atoms with Crippen LogP contribution in [0.1, 0.15) is 36.9 Å². The van der Waals surface area contributed by atoms with E-state index in [9.17, 15) is 9.59 Å². The van der Waals surface area contributed by atoms with Crippen LogP contribution in [0.4, 0.5) is 4.79 Å². The topological polar surface area (TPSA) is 72.6 Å². The highest BCUT2D eigenvalue weighted by molar-refractivity contribution is 6.39. The minimum absolute atomic E-state index is 0.116. The summed E-state index contributed by atoms with van der Waals surface area (Å²) in [7, 11) is 0. The Hall–Kier alpha value is -2.05. The number of amides is 1. The van der Waals surface area contributed by atoms with Crippen LogP contribution in [-0.4, -0.2) is 34.1 Å². The first-order valence-corrected chi connectivity index (χ1v) is 8.37. The van der Waals surface area contributed by atoms with E-state index in [1.165, 1.54) is 4.90 Å². The normalized spacial score (nSPS) is 14.4. The average Bonchev–Trinajstić information content (AvgIpc) is 2.90. The van der Waals surface area contributed by atoms with E-state index in [2.05, 4.69) is 5.16 Å². The summed E-state index contributed by atoms with van der Waals surface area (Å²) in [6.07, 6.45) is -0.580. The molecule has 0 bridgehead atoms. The van der Waals surface area contributed by atoms with Gasteiger partial charge in [-0.3, -0.25) is 9.69 Å². The molecule has 0 unspecified atom stereocenters. The lowest BCUT2D eigenvalue weighted by molar-refractivity contribution is 0.0215. The van der Waals surface area contributed by atoms with E-state index in [1.807, 2.05) is 0 Å². The summed E-state index contributed by atoms with van der Waals surface area (Å²) in [5.74, 6) is -0.236. The van der Waals surface area contributed by atoms with Crippen LogP contribution in [0.3, 0.4) is 0 Å². The fraction of sp³-hybridized carbons (Fsp3) is 0.353. The number of hydrogen-bond acceptors (Lipinski definition) is 5. The van der Waals surface area contributed by atoms with Crippen molar-refractivity contribution in [3.63, 3.8) is 0 Å². The highest BCUT2D eigenvalue weighted by Gasteiger charge is 2.35. The van der Waals surface area contributed by atoms with Gasteiger partial charge in [-0.1, -0.05) is 34.4 Å². The molecule has 0 saturated carbocycles. The number of benzene rings is 1. The Morgan fingerprint density at radius 3 is 2.48 bits per heavy atom. The van der Waals surface area contributed by atoms with E-state index in [4.69, 9.17) is 32.5 Å². The van der Waals surface area contributed by atoms with E-state index in [0.29, 0.717) is 26.9 Å². The first-order valence-electron chi connectivity index (χ1n) is 7.61. The van der Waals surface area contributed by atoms with Crippen molar-refractivity contribution in [1.82, 2.24) is 10.1 Å². The maximum absolute atomic E-state index is 12.3. The van der Waals surface area contributed by atoms with Crippen molar-refractivity contribution < 1.29 is 18.8 Å².